The second-order valence-electron chi connectivity index (χ2n) is 7.92. The van der Waals surface area contributed by atoms with Crippen molar-refractivity contribution in [2.45, 2.75) is 63.3 Å². The van der Waals surface area contributed by atoms with Gasteiger partial charge < -0.3 is 25.4 Å². The van der Waals surface area contributed by atoms with Crippen molar-refractivity contribution >= 4 is 7.82 Å². The number of ether oxygens (including phenoxy) is 1. The zero-order valence-electron chi connectivity index (χ0n) is 16.5. The van der Waals surface area contributed by atoms with Crippen LogP contribution in [0.1, 0.15) is 56.9 Å². The lowest BCUT2D eigenvalue weighted by Crippen LogP contribution is -2.48. The van der Waals surface area contributed by atoms with Crippen LogP contribution in [0, 0.1) is 5.92 Å². The molecular weight excluding hydrogens is 381 g/mol. The lowest BCUT2D eigenvalue weighted by atomic mass is 9.86. The van der Waals surface area contributed by atoms with Gasteiger partial charge in [0.1, 0.15) is 5.75 Å². The molecule has 1 fully saturated rings. The zero-order valence-corrected chi connectivity index (χ0v) is 17.4. The molecule has 1 atom stereocenters. The molecule has 0 spiro atoms. The van der Waals surface area contributed by atoms with Gasteiger partial charge >= 0.3 is 7.82 Å². The van der Waals surface area contributed by atoms with Crippen LogP contribution in [0.4, 0.5) is 0 Å². The summed E-state index contributed by atoms with van der Waals surface area (Å²) in [4.78, 5) is 17.6. The highest BCUT2D eigenvalue weighted by molar-refractivity contribution is 7.46. The number of nitrogens with two attached hydrogens (primary N) is 1. The summed E-state index contributed by atoms with van der Waals surface area (Å²) < 4.78 is 21.1. The molecule has 0 aromatic heterocycles. The van der Waals surface area contributed by atoms with Crippen molar-refractivity contribution in [3.05, 3.63) is 29.8 Å². The molecule has 8 heteroatoms. The van der Waals surface area contributed by atoms with Gasteiger partial charge in [-0.2, -0.15) is 0 Å². The minimum Gasteiger partial charge on any atom is -0.494 e. The van der Waals surface area contributed by atoms with E-state index < -0.39 is 26.6 Å². The Labute approximate surface area is 167 Å². The van der Waals surface area contributed by atoms with E-state index in [1.807, 2.05) is 24.3 Å². The molecular formula is C20H34NO6P. The first-order valence-corrected chi connectivity index (χ1v) is 11.6. The van der Waals surface area contributed by atoms with Gasteiger partial charge in [-0.15, -0.1) is 0 Å². The normalized spacial score (nSPS) is 18.0. The number of aryl methyl sites for hydroxylation is 1. The van der Waals surface area contributed by atoms with Crippen LogP contribution < -0.4 is 10.5 Å². The number of phosphoric acid groups is 1. The van der Waals surface area contributed by atoms with E-state index in [1.54, 1.807) is 0 Å². The van der Waals surface area contributed by atoms with Gasteiger partial charge in [0, 0.05) is 0 Å². The molecule has 0 heterocycles. The van der Waals surface area contributed by atoms with Gasteiger partial charge in [-0.25, -0.2) is 4.57 Å². The molecule has 160 valence electrons. The van der Waals surface area contributed by atoms with Crippen LogP contribution in [0.5, 0.6) is 5.75 Å². The fourth-order valence-corrected chi connectivity index (χ4v) is 4.02. The largest absolute Gasteiger partial charge is 0.494 e. The second-order valence-corrected chi connectivity index (χ2v) is 9.16. The van der Waals surface area contributed by atoms with E-state index in [0.29, 0.717) is 12.8 Å². The summed E-state index contributed by atoms with van der Waals surface area (Å²) in [6.07, 6.45) is 10.1. The first kappa shape index (κ1) is 23.3. The third-order valence-electron chi connectivity index (χ3n) is 5.42. The first-order chi connectivity index (χ1) is 13.3. The summed E-state index contributed by atoms with van der Waals surface area (Å²) in [5, 5.41) is 9.44. The number of aliphatic hydroxyl groups excluding tert-OH is 1. The van der Waals surface area contributed by atoms with Crippen LogP contribution in [-0.4, -0.2) is 40.3 Å². The first-order valence-electron chi connectivity index (χ1n) is 10.1. The molecule has 1 aliphatic rings. The average molecular weight is 415 g/mol. The van der Waals surface area contributed by atoms with Gasteiger partial charge in [-0.3, -0.25) is 4.52 Å². The Balaban J connectivity index is 1.70. The van der Waals surface area contributed by atoms with Gasteiger partial charge in [0.2, 0.25) is 0 Å². The van der Waals surface area contributed by atoms with Crippen LogP contribution in [0.2, 0.25) is 0 Å². The third kappa shape index (κ3) is 9.03. The minimum atomic E-state index is -4.61. The maximum absolute atomic E-state index is 10.8. The molecule has 1 aliphatic carbocycles. The van der Waals surface area contributed by atoms with Crippen molar-refractivity contribution in [2.24, 2.45) is 11.7 Å². The molecule has 0 radical (unpaired) electrons. The molecule has 28 heavy (non-hydrogen) atoms. The summed E-state index contributed by atoms with van der Waals surface area (Å²) in [5.74, 6) is 1.70. The van der Waals surface area contributed by atoms with Crippen LogP contribution in [0.3, 0.4) is 0 Å². The predicted octanol–water partition coefficient (Wildman–Crippen LogP) is 3.16. The van der Waals surface area contributed by atoms with Crippen molar-refractivity contribution in [3.63, 3.8) is 0 Å². The molecule has 0 aliphatic heterocycles. The molecule has 1 aromatic carbocycles. The Kier molecular flexibility index (Phi) is 9.41. The van der Waals surface area contributed by atoms with Gasteiger partial charge in [-0.1, -0.05) is 44.2 Å². The highest BCUT2D eigenvalue weighted by atomic mass is 31.2. The summed E-state index contributed by atoms with van der Waals surface area (Å²) in [6.45, 7) is -0.100. The molecule has 0 amide bonds. The molecule has 2 rings (SSSR count). The average Bonchev–Trinajstić information content (AvgIpc) is 2.69. The molecule has 1 aromatic rings. The van der Waals surface area contributed by atoms with Gasteiger partial charge in [0.05, 0.1) is 25.4 Å². The number of rotatable bonds is 12. The summed E-state index contributed by atoms with van der Waals surface area (Å²) in [6, 6.07) is 7.72. The van der Waals surface area contributed by atoms with E-state index in [1.165, 1.54) is 38.5 Å². The molecule has 1 saturated carbocycles. The van der Waals surface area contributed by atoms with Crippen LogP contribution in [0.25, 0.3) is 0 Å². The van der Waals surface area contributed by atoms with Gasteiger partial charge in [0.25, 0.3) is 0 Å². The monoisotopic (exact) mass is 415 g/mol. The SMILES string of the molecule is NC(CO)(CCc1ccc(OCCCC2CCCCC2)cc1)COP(=O)(O)O. The molecule has 5 N–H and O–H groups in total. The van der Waals surface area contributed by atoms with E-state index in [2.05, 4.69) is 4.52 Å². The van der Waals surface area contributed by atoms with Crippen molar-refractivity contribution in [3.8, 4) is 5.75 Å². The lowest BCUT2D eigenvalue weighted by molar-refractivity contribution is 0.102. The summed E-state index contributed by atoms with van der Waals surface area (Å²) in [7, 11) is -4.61. The van der Waals surface area contributed by atoms with Crippen molar-refractivity contribution < 1.29 is 28.7 Å². The van der Waals surface area contributed by atoms with E-state index in [4.69, 9.17) is 20.3 Å². The highest BCUT2D eigenvalue weighted by Crippen LogP contribution is 2.37. The van der Waals surface area contributed by atoms with E-state index in [-0.39, 0.29) is 0 Å². The maximum atomic E-state index is 10.8. The Bertz CT molecular complexity index is 614. The smallest absolute Gasteiger partial charge is 0.469 e. The lowest BCUT2D eigenvalue weighted by Gasteiger charge is -2.27. The Hall–Kier alpha value is -0.950. The quantitative estimate of drug-likeness (QED) is 0.305. The Morgan fingerprint density at radius 1 is 1.14 bits per heavy atom. The number of hydrogen-bond donors (Lipinski definition) is 4. The minimum absolute atomic E-state index is 0.338. The fourth-order valence-electron chi connectivity index (χ4n) is 3.59. The van der Waals surface area contributed by atoms with Crippen molar-refractivity contribution in [2.75, 3.05) is 19.8 Å². The molecule has 0 bridgehead atoms. The van der Waals surface area contributed by atoms with Crippen molar-refractivity contribution in [1.29, 1.82) is 0 Å². The summed E-state index contributed by atoms with van der Waals surface area (Å²) >= 11 is 0. The Morgan fingerprint density at radius 3 is 2.43 bits per heavy atom. The number of phosphoric ester groups is 1. The fraction of sp³-hybridized carbons (Fsp3) is 0.700. The van der Waals surface area contributed by atoms with Crippen LogP contribution >= 0.6 is 7.82 Å². The van der Waals surface area contributed by atoms with E-state index in [9.17, 15) is 9.67 Å². The maximum Gasteiger partial charge on any atom is 0.469 e. The number of benzene rings is 1. The topological polar surface area (TPSA) is 122 Å². The predicted molar refractivity (Wildman–Crippen MR) is 108 cm³/mol. The molecule has 7 nitrogen and oxygen atoms in total. The molecule has 1 unspecified atom stereocenters. The number of aliphatic hydroxyl groups is 1. The van der Waals surface area contributed by atoms with E-state index in [0.717, 1.165) is 30.3 Å². The molecule has 0 saturated heterocycles. The van der Waals surface area contributed by atoms with Crippen molar-refractivity contribution in [1.82, 2.24) is 0 Å². The van der Waals surface area contributed by atoms with Crippen LogP contribution in [-0.2, 0) is 15.5 Å². The zero-order chi connectivity index (χ0) is 20.5. The van der Waals surface area contributed by atoms with E-state index >= 15 is 0 Å². The van der Waals surface area contributed by atoms with Gasteiger partial charge in [-0.05, 0) is 49.3 Å². The standard InChI is InChI=1S/C20H34NO6P/c21-20(15-22,16-27-28(23,24)25)13-12-18-8-10-19(11-9-18)26-14-4-7-17-5-2-1-3-6-17/h8-11,17,22H,1-7,12-16,21H2,(H2,23,24,25). The summed E-state index contributed by atoms with van der Waals surface area (Å²) in [5.41, 5.74) is 5.79. The Morgan fingerprint density at radius 2 is 1.82 bits per heavy atom. The number of hydrogen-bond acceptors (Lipinski definition) is 5. The highest BCUT2D eigenvalue weighted by Gasteiger charge is 2.28. The second kappa shape index (κ2) is 11.3. The van der Waals surface area contributed by atoms with Crippen LogP contribution in [0.15, 0.2) is 24.3 Å². The van der Waals surface area contributed by atoms with Gasteiger partial charge in [0.15, 0.2) is 0 Å². The third-order valence-corrected chi connectivity index (χ3v) is 5.89.